The Morgan fingerprint density at radius 1 is 1.16 bits per heavy atom. The van der Waals surface area contributed by atoms with Gasteiger partial charge in [-0.05, 0) is 37.1 Å². The molecule has 0 spiro atoms. The number of hydrogen-bond acceptors (Lipinski definition) is 2. The summed E-state index contributed by atoms with van der Waals surface area (Å²) in [5.41, 5.74) is 2.22. The van der Waals surface area contributed by atoms with E-state index < -0.39 is 17.7 Å². The van der Waals surface area contributed by atoms with Gasteiger partial charge < -0.3 is 5.11 Å². The molecule has 0 amide bonds. The summed E-state index contributed by atoms with van der Waals surface area (Å²) in [4.78, 5) is 0. The Kier molecular flexibility index (Phi) is 3.95. The molecule has 0 aliphatic rings. The number of hydrogen-bond donors (Lipinski definition) is 1. The van der Waals surface area contributed by atoms with Crippen LogP contribution in [0.2, 0.25) is 0 Å². The predicted octanol–water partition coefficient (Wildman–Crippen LogP) is 2.15. The summed E-state index contributed by atoms with van der Waals surface area (Å²) in [6.45, 7) is 1.87. The minimum absolute atomic E-state index is 0.207. The van der Waals surface area contributed by atoms with Crippen LogP contribution in [0.25, 0.3) is 0 Å². The second-order valence-electron chi connectivity index (χ2n) is 4.74. The first-order chi connectivity index (χ1) is 8.94. The van der Waals surface area contributed by atoms with Crippen LogP contribution in [0.3, 0.4) is 0 Å². The maximum Gasteiger partial charge on any atom is 0.126 e. The molecule has 1 unspecified atom stereocenters. The van der Waals surface area contributed by atoms with Gasteiger partial charge >= 0.3 is 0 Å². The molecular weight excluding hydrogens is 250 g/mol. The smallest absolute Gasteiger partial charge is 0.126 e. The number of halogens is 2. The summed E-state index contributed by atoms with van der Waals surface area (Å²) in [7, 11) is 1.80. The van der Waals surface area contributed by atoms with E-state index in [4.69, 9.17) is 0 Å². The van der Waals surface area contributed by atoms with Crippen LogP contribution >= 0.6 is 0 Å². The molecule has 2 aromatic rings. The lowest BCUT2D eigenvalue weighted by Crippen LogP contribution is -2.16. The van der Waals surface area contributed by atoms with Crippen molar-refractivity contribution in [2.24, 2.45) is 7.05 Å². The Morgan fingerprint density at radius 3 is 2.32 bits per heavy atom. The molecule has 102 valence electrons. The fourth-order valence-electron chi connectivity index (χ4n) is 2.17. The Balaban J connectivity index is 2.05. The lowest BCUT2D eigenvalue weighted by atomic mass is 10.0. The van der Waals surface area contributed by atoms with Gasteiger partial charge in [0, 0.05) is 25.2 Å². The third-order valence-corrected chi connectivity index (χ3v) is 2.94. The summed E-state index contributed by atoms with van der Waals surface area (Å²) >= 11 is 0. The number of nitrogens with zero attached hydrogens (tertiary/aromatic N) is 2. The van der Waals surface area contributed by atoms with Crippen molar-refractivity contribution >= 4 is 0 Å². The fourth-order valence-corrected chi connectivity index (χ4v) is 2.17. The van der Waals surface area contributed by atoms with Gasteiger partial charge in [-0.25, -0.2) is 8.78 Å². The van der Waals surface area contributed by atoms with Crippen molar-refractivity contribution in [2.45, 2.75) is 25.9 Å². The van der Waals surface area contributed by atoms with E-state index in [1.54, 1.807) is 11.7 Å². The number of benzene rings is 1. The zero-order valence-corrected chi connectivity index (χ0v) is 10.9. The van der Waals surface area contributed by atoms with Crippen LogP contribution in [0, 0.1) is 18.6 Å². The maximum atomic E-state index is 13.0. The van der Waals surface area contributed by atoms with Crippen LogP contribution in [0.1, 0.15) is 17.0 Å². The van der Waals surface area contributed by atoms with E-state index in [0.29, 0.717) is 12.0 Å². The molecule has 0 radical (unpaired) electrons. The molecule has 3 nitrogen and oxygen atoms in total. The Labute approximate surface area is 110 Å². The van der Waals surface area contributed by atoms with Gasteiger partial charge in [0.25, 0.3) is 0 Å². The Morgan fingerprint density at radius 2 is 1.79 bits per heavy atom. The van der Waals surface area contributed by atoms with Crippen molar-refractivity contribution in [1.29, 1.82) is 0 Å². The molecule has 0 fully saturated rings. The van der Waals surface area contributed by atoms with Crippen molar-refractivity contribution in [3.05, 3.63) is 52.9 Å². The van der Waals surface area contributed by atoms with Gasteiger partial charge in [-0.3, -0.25) is 4.68 Å². The summed E-state index contributed by atoms with van der Waals surface area (Å²) < 4.78 is 27.8. The standard InChI is InChI=1S/C14H16F2N2O/c1-9-3-13(18(2)17-9)8-14(19)6-10-4-11(15)7-12(16)5-10/h3-5,7,14,19H,6,8H2,1-2H3. The molecule has 0 aliphatic carbocycles. The van der Waals surface area contributed by atoms with Crippen molar-refractivity contribution in [3.8, 4) is 0 Å². The molecule has 1 heterocycles. The molecule has 1 atom stereocenters. The van der Waals surface area contributed by atoms with Crippen LogP contribution in [-0.4, -0.2) is 21.0 Å². The van der Waals surface area contributed by atoms with E-state index in [9.17, 15) is 13.9 Å². The van der Waals surface area contributed by atoms with Gasteiger partial charge in [0.1, 0.15) is 11.6 Å². The minimum Gasteiger partial charge on any atom is -0.392 e. The monoisotopic (exact) mass is 266 g/mol. The molecule has 1 N–H and O–H groups in total. The normalized spacial score (nSPS) is 12.7. The SMILES string of the molecule is Cc1cc(CC(O)Cc2cc(F)cc(F)c2)n(C)n1. The quantitative estimate of drug-likeness (QED) is 0.920. The molecule has 0 aliphatic heterocycles. The van der Waals surface area contributed by atoms with Crippen LogP contribution < -0.4 is 0 Å². The highest BCUT2D eigenvalue weighted by Crippen LogP contribution is 2.13. The molecule has 1 aromatic carbocycles. The largest absolute Gasteiger partial charge is 0.392 e. The van der Waals surface area contributed by atoms with Crippen LogP contribution in [0.15, 0.2) is 24.3 Å². The molecular formula is C14H16F2N2O. The number of aromatic nitrogens is 2. The second-order valence-corrected chi connectivity index (χ2v) is 4.74. The zero-order chi connectivity index (χ0) is 14.0. The van der Waals surface area contributed by atoms with E-state index in [2.05, 4.69) is 5.10 Å². The molecule has 19 heavy (non-hydrogen) atoms. The summed E-state index contributed by atoms with van der Waals surface area (Å²) in [5.74, 6) is -1.25. The third-order valence-electron chi connectivity index (χ3n) is 2.94. The first-order valence-corrected chi connectivity index (χ1v) is 6.06. The first kappa shape index (κ1) is 13.7. The topological polar surface area (TPSA) is 38.0 Å². The van der Waals surface area contributed by atoms with Gasteiger partial charge in [-0.1, -0.05) is 0 Å². The van der Waals surface area contributed by atoms with E-state index in [-0.39, 0.29) is 6.42 Å². The molecule has 0 saturated heterocycles. The third kappa shape index (κ3) is 3.61. The number of rotatable bonds is 4. The molecule has 0 saturated carbocycles. The van der Waals surface area contributed by atoms with Crippen LogP contribution in [0.4, 0.5) is 8.78 Å². The van der Waals surface area contributed by atoms with Gasteiger partial charge in [0.05, 0.1) is 11.8 Å². The predicted molar refractivity (Wildman–Crippen MR) is 67.7 cm³/mol. The summed E-state index contributed by atoms with van der Waals surface area (Å²) in [6.07, 6.45) is -0.0926. The lowest BCUT2D eigenvalue weighted by molar-refractivity contribution is 0.172. The van der Waals surface area contributed by atoms with Gasteiger partial charge in [0.2, 0.25) is 0 Å². The minimum atomic E-state index is -0.698. The first-order valence-electron chi connectivity index (χ1n) is 6.06. The molecule has 5 heteroatoms. The van der Waals surface area contributed by atoms with E-state index in [1.165, 1.54) is 12.1 Å². The van der Waals surface area contributed by atoms with E-state index >= 15 is 0 Å². The Hall–Kier alpha value is -1.75. The number of aliphatic hydroxyl groups is 1. The Bertz CT molecular complexity index is 561. The molecule has 1 aromatic heterocycles. The number of aryl methyl sites for hydroxylation is 2. The highest BCUT2D eigenvalue weighted by Gasteiger charge is 2.12. The van der Waals surface area contributed by atoms with Gasteiger partial charge in [-0.15, -0.1) is 0 Å². The number of aliphatic hydroxyl groups excluding tert-OH is 1. The van der Waals surface area contributed by atoms with Crippen molar-refractivity contribution in [1.82, 2.24) is 9.78 Å². The van der Waals surface area contributed by atoms with Gasteiger partial charge in [0.15, 0.2) is 0 Å². The summed E-state index contributed by atoms with van der Waals surface area (Å²) in [6, 6.07) is 5.18. The molecule has 0 bridgehead atoms. The van der Waals surface area contributed by atoms with Crippen LogP contribution in [-0.2, 0) is 19.9 Å². The van der Waals surface area contributed by atoms with Gasteiger partial charge in [-0.2, -0.15) is 5.10 Å². The van der Waals surface area contributed by atoms with Crippen molar-refractivity contribution < 1.29 is 13.9 Å². The van der Waals surface area contributed by atoms with Crippen molar-refractivity contribution in [2.75, 3.05) is 0 Å². The lowest BCUT2D eigenvalue weighted by Gasteiger charge is -2.11. The highest BCUT2D eigenvalue weighted by molar-refractivity contribution is 5.19. The summed E-state index contributed by atoms with van der Waals surface area (Å²) in [5, 5.41) is 14.2. The van der Waals surface area contributed by atoms with Crippen molar-refractivity contribution in [3.63, 3.8) is 0 Å². The fraction of sp³-hybridized carbons (Fsp3) is 0.357. The zero-order valence-electron chi connectivity index (χ0n) is 10.9. The maximum absolute atomic E-state index is 13.0. The van der Waals surface area contributed by atoms with E-state index in [0.717, 1.165) is 17.5 Å². The average molecular weight is 266 g/mol. The van der Waals surface area contributed by atoms with Crippen LogP contribution in [0.5, 0.6) is 0 Å². The highest BCUT2D eigenvalue weighted by atomic mass is 19.1. The molecule has 2 rings (SSSR count). The average Bonchev–Trinajstić information content (AvgIpc) is 2.55. The second kappa shape index (κ2) is 5.48. The van der Waals surface area contributed by atoms with E-state index in [1.807, 2.05) is 13.0 Å².